The minimum atomic E-state index is -0.321. The number of piperidine rings is 4. The predicted molar refractivity (Wildman–Crippen MR) is 105 cm³/mol. The summed E-state index contributed by atoms with van der Waals surface area (Å²) in [5.41, 5.74) is 2.47. The standard InChI is InChI=1S/C23H31N2O2.BrH/c1-4-10-25-17-11-14(13(5-2)22(25)27)19-18(25)12-23(21(19)26)15-8-6-7-9-16(15)24(3)20(17)23;/h4,6-9,13-14,17-22,26-27H,1,5,10-12H2,2-3H3;1H/q+1;/p-1/t13?,14-,17?,18-,19?,20?,21?,22+,23+,25?;/m0./s1. The van der Waals surface area contributed by atoms with Crippen LogP contribution in [0.15, 0.2) is 36.9 Å². The Labute approximate surface area is 178 Å². The molecule has 6 aliphatic rings. The molecule has 2 N–H and O–H groups in total. The second kappa shape index (κ2) is 5.84. The van der Waals surface area contributed by atoms with E-state index >= 15 is 0 Å². The summed E-state index contributed by atoms with van der Waals surface area (Å²) < 4.78 is 0.755. The summed E-state index contributed by atoms with van der Waals surface area (Å²) in [5, 5.41) is 23.5. The summed E-state index contributed by atoms with van der Waals surface area (Å²) in [6, 6.07) is 9.71. The molecular formula is C23H31BrN2O2. The molecule has 4 saturated heterocycles. The Morgan fingerprint density at radius 2 is 2.04 bits per heavy atom. The monoisotopic (exact) mass is 446 g/mol. The summed E-state index contributed by atoms with van der Waals surface area (Å²) in [6.07, 6.45) is 4.52. The third kappa shape index (κ3) is 1.69. The number of hydrogen-bond donors (Lipinski definition) is 2. The Kier molecular flexibility index (Phi) is 3.99. The first-order valence-corrected chi connectivity index (χ1v) is 10.7. The maximum atomic E-state index is 11.9. The number of fused-ring (bicyclic) bond motifs is 2. The molecule has 5 heterocycles. The number of halogens is 1. The molecule has 1 saturated carbocycles. The van der Waals surface area contributed by atoms with Gasteiger partial charge in [0.2, 0.25) is 0 Å². The van der Waals surface area contributed by atoms with Gasteiger partial charge in [0.15, 0.2) is 6.23 Å². The van der Waals surface area contributed by atoms with E-state index < -0.39 is 0 Å². The first-order chi connectivity index (χ1) is 13.0. The highest BCUT2D eigenvalue weighted by Crippen LogP contribution is 2.71. The van der Waals surface area contributed by atoms with Gasteiger partial charge in [-0.15, -0.1) is 0 Å². The number of hydrogen-bond acceptors (Lipinski definition) is 3. The molecule has 28 heavy (non-hydrogen) atoms. The fraction of sp³-hybridized carbons (Fsp3) is 0.652. The smallest absolute Gasteiger partial charge is 0.194 e. The number of aliphatic hydroxyl groups excluding tert-OH is 2. The Hall–Kier alpha value is -0.880. The highest BCUT2D eigenvalue weighted by Gasteiger charge is 2.82. The summed E-state index contributed by atoms with van der Waals surface area (Å²) in [7, 11) is 2.21. The predicted octanol–water partition coefficient (Wildman–Crippen LogP) is -0.741. The van der Waals surface area contributed by atoms with Crippen LogP contribution < -0.4 is 21.9 Å². The molecule has 5 bridgehead atoms. The lowest BCUT2D eigenvalue weighted by molar-refractivity contribution is -1.03. The lowest BCUT2D eigenvalue weighted by atomic mass is 9.60. The van der Waals surface area contributed by atoms with Crippen LogP contribution in [0.3, 0.4) is 0 Å². The quantitative estimate of drug-likeness (QED) is 0.474. The molecule has 1 spiro atoms. The van der Waals surface area contributed by atoms with E-state index in [4.69, 9.17) is 0 Å². The van der Waals surface area contributed by atoms with E-state index in [0.29, 0.717) is 29.8 Å². The van der Waals surface area contributed by atoms with Gasteiger partial charge in [-0.1, -0.05) is 31.7 Å². The van der Waals surface area contributed by atoms with Crippen LogP contribution in [0.25, 0.3) is 0 Å². The first-order valence-electron chi connectivity index (χ1n) is 10.7. The van der Waals surface area contributed by atoms with Crippen LogP contribution in [0.1, 0.15) is 31.7 Å². The van der Waals surface area contributed by atoms with Gasteiger partial charge in [-0.05, 0) is 30.0 Å². The maximum Gasteiger partial charge on any atom is 0.194 e. The molecule has 7 rings (SSSR count). The first kappa shape index (κ1) is 19.1. The molecule has 0 amide bonds. The zero-order valence-corrected chi connectivity index (χ0v) is 18.3. The maximum absolute atomic E-state index is 11.9. The van der Waals surface area contributed by atoms with Gasteiger partial charge in [0.25, 0.3) is 0 Å². The number of aliphatic hydroxyl groups is 2. The second-order valence-corrected chi connectivity index (χ2v) is 9.83. The van der Waals surface area contributed by atoms with Crippen LogP contribution in [-0.4, -0.2) is 58.7 Å². The topological polar surface area (TPSA) is 43.7 Å². The fourth-order valence-corrected chi connectivity index (χ4v) is 8.98. The van der Waals surface area contributed by atoms with Gasteiger partial charge in [-0.2, -0.15) is 0 Å². The summed E-state index contributed by atoms with van der Waals surface area (Å²) >= 11 is 0. The van der Waals surface area contributed by atoms with Gasteiger partial charge in [0, 0.05) is 37.4 Å². The normalized spacial score (nSPS) is 51.6. The van der Waals surface area contributed by atoms with Crippen molar-refractivity contribution in [3.8, 4) is 0 Å². The number of anilines is 1. The van der Waals surface area contributed by atoms with Crippen LogP contribution in [-0.2, 0) is 5.41 Å². The Morgan fingerprint density at radius 1 is 1.29 bits per heavy atom. The number of quaternary nitrogens is 1. The van der Waals surface area contributed by atoms with Crippen molar-refractivity contribution in [3.63, 3.8) is 0 Å². The fourth-order valence-electron chi connectivity index (χ4n) is 8.98. The van der Waals surface area contributed by atoms with Crippen molar-refractivity contribution in [2.45, 2.75) is 62.1 Å². The largest absolute Gasteiger partial charge is 1.00 e. The van der Waals surface area contributed by atoms with Gasteiger partial charge in [-0.25, -0.2) is 0 Å². The summed E-state index contributed by atoms with van der Waals surface area (Å²) in [4.78, 5) is 2.44. The van der Waals surface area contributed by atoms with Gasteiger partial charge in [0.1, 0.15) is 6.04 Å². The average molecular weight is 447 g/mol. The highest BCUT2D eigenvalue weighted by atomic mass is 79.9. The number of benzene rings is 1. The average Bonchev–Trinajstić information content (AvgIpc) is 3.06. The molecule has 0 radical (unpaired) electrons. The van der Waals surface area contributed by atoms with Crippen molar-refractivity contribution in [2.75, 3.05) is 18.5 Å². The van der Waals surface area contributed by atoms with Crippen molar-refractivity contribution in [2.24, 2.45) is 17.8 Å². The van der Waals surface area contributed by atoms with E-state index in [0.717, 1.165) is 30.3 Å². The second-order valence-electron chi connectivity index (χ2n) is 9.83. The van der Waals surface area contributed by atoms with Crippen molar-refractivity contribution in [3.05, 3.63) is 42.5 Å². The SMILES string of the molecule is C=CC[N+]12C3C[C@@H](C(CC)[C@H]1O)C1C(O)[C@]4(C[C@@H]12)c1ccccc1N(C)C34.[Br-]. The summed E-state index contributed by atoms with van der Waals surface area (Å²) in [6.45, 7) is 7.10. The molecule has 5 fully saturated rings. The number of para-hydroxylation sites is 1. The van der Waals surface area contributed by atoms with Gasteiger partial charge < -0.3 is 32.1 Å². The molecule has 0 aromatic heterocycles. The molecule has 1 aliphatic carbocycles. The zero-order valence-electron chi connectivity index (χ0n) is 16.7. The minimum Gasteiger partial charge on any atom is -1.00 e. The lowest BCUT2D eigenvalue weighted by Gasteiger charge is -2.67. The molecule has 10 atom stereocenters. The van der Waals surface area contributed by atoms with Crippen molar-refractivity contribution in [1.82, 2.24) is 0 Å². The van der Waals surface area contributed by atoms with Crippen molar-refractivity contribution >= 4 is 5.69 Å². The van der Waals surface area contributed by atoms with E-state index in [1.807, 2.05) is 6.08 Å². The Morgan fingerprint density at radius 3 is 2.75 bits per heavy atom. The Bertz CT molecular complexity index is 833. The molecule has 4 nitrogen and oxygen atoms in total. The summed E-state index contributed by atoms with van der Waals surface area (Å²) in [5.74, 6) is 1.05. The molecular weight excluding hydrogens is 416 g/mol. The molecule has 5 aliphatic heterocycles. The molecule has 1 aromatic carbocycles. The number of likely N-dealkylation sites (N-methyl/N-ethyl adjacent to an activating group) is 1. The zero-order chi connectivity index (χ0) is 18.7. The van der Waals surface area contributed by atoms with Gasteiger partial charge in [-0.3, -0.25) is 4.48 Å². The van der Waals surface area contributed by atoms with Gasteiger partial charge >= 0.3 is 0 Å². The van der Waals surface area contributed by atoms with Crippen LogP contribution in [0.2, 0.25) is 0 Å². The third-order valence-corrected chi connectivity index (χ3v) is 9.56. The molecule has 152 valence electrons. The van der Waals surface area contributed by atoms with Crippen molar-refractivity contribution < 1.29 is 31.7 Å². The minimum absolute atomic E-state index is 0. The number of rotatable bonds is 3. The lowest BCUT2D eigenvalue weighted by Crippen LogP contribution is -3.00. The van der Waals surface area contributed by atoms with Crippen molar-refractivity contribution in [1.29, 1.82) is 0 Å². The van der Waals surface area contributed by atoms with E-state index in [1.165, 1.54) is 11.3 Å². The highest BCUT2D eigenvalue weighted by molar-refractivity contribution is 5.66. The third-order valence-electron chi connectivity index (χ3n) is 9.56. The molecule has 6 unspecified atom stereocenters. The molecule has 1 aromatic rings. The Balaban J connectivity index is 0.00000171. The van der Waals surface area contributed by atoms with Crippen LogP contribution in [0, 0.1) is 17.8 Å². The van der Waals surface area contributed by atoms with Crippen LogP contribution in [0.4, 0.5) is 5.69 Å². The van der Waals surface area contributed by atoms with Crippen LogP contribution in [0.5, 0.6) is 0 Å². The van der Waals surface area contributed by atoms with E-state index in [2.05, 4.69) is 49.7 Å². The number of nitrogens with zero attached hydrogens (tertiary/aromatic N) is 2. The van der Waals surface area contributed by atoms with Gasteiger partial charge in [0.05, 0.1) is 30.1 Å². The molecule has 5 heteroatoms. The van der Waals surface area contributed by atoms with E-state index in [1.54, 1.807) is 0 Å². The van der Waals surface area contributed by atoms with Crippen LogP contribution >= 0.6 is 0 Å². The van der Waals surface area contributed by atoms with E-state index in [9.17, 15) is 10.2 Å². The van der Waals surface area contributed by atoms with E-state index in [-0.39, 0.29) is 40.8 Å².